The maximum atomic E-state index is 13.0. The van der Waals surface area contributed by atoms with E-state index in [0.717, 1.165) is 25.1 Å². The van der Waals surface area contributed by atoms with Crippen molar-refractivity contribution in [2.45, 2.75) is 30.2 Å². The Balaban J connectivity index is 1.63. The molecule has 2 aliphatic rings. The van der Waals surface area contributed by atoms with Gasteiger partial charge in [0.05, 0.1) is 12.1 Å². The maximum absolute atomic E-state index is 13.0. The van der Waals surface area contributed by atoms with E-state index in [-0.39, 0.29) is 23.1 Å². The van der Waals surface area contributed by atoms with Crippen molar-refractivity contribution in [3.8, 4) is 0 Å². The normalized spacial score (nSPS) is 21.0. The number of hydrogen-bond acceptors (Lipinski definition) is 5. The highest BCUT2D eigenvalue weighted by Crippen LogP contribution is 2.33. The molecule has 1 saturated heterocycles. The smallest absolute Gasteiger partial charge is 0.256 e. The second kappa shape index (κ2) is 6.66. The zero-order valence-corrected chi connectivity index (χ0v) is 14.8. The van der Waals surface area contributed by atoms with Crippen LogP contribution in [-0.2, 0) is 27.1 Å². The van der Waals surface area contributed by atoms with Crippen LogP contribution in [0.3, 0.4) is 0 Å². The standard InChI is InChI=1S/C19H18N2O4S/c22-18-12-17(20-11-3-5-13-4-1-2-6-16(13)20)19(23)21(18)14-7-9-15(10-8-14)26(24)25/h1-2,4,6-10,17H,3,5,11-12H2,(H,24,25)/p-1. The molecular formula is C19H17N2O4S-. The predicted octanol–water partition coefficient (Wildman–Crippen LogP) is 2.01. The minimum atomic E-state index is -2.34. The number of carbonyl (C=O) groups excluding carboxylic acids is 2. The molecule has 0 aliphatic carbocycles. The summed E-state index contributed by atoms with van der Waals surface area (Å²) in [5.41, 5.74) is 2.62. The van der Waals surface area contributed by atoms with Gasteiger partial charge in [-0.3, -0.25) is 13.8 Å². The minimum absolute atomic E-state index is 0.120. The molecule has 2 atom stereocenters. The van der Waals surface area contributed by atoms with E-state index >= 15 is 0 Å². The molecule has 2 unspecified atom stereocenters. The van der Waals surface area contributed by atoms with Gasteiger partial charge >= 0.3 is 0 Å². The monoisotopic (exact) mass is 369 g/mol. The van der Waals surface area contributed by atoms with Crippen LogP contribution in [0.5, 0.6) is 0 Å². The quantitative estimate of drug-likeness (QED) is 0.611. The molecule has 2 heterocycles. The summed E-state index contributed by atoms with van der Waals surface area (Å²) in [6.07, 6.45) is 2.04. The summed E-state index contributed by atoms with van der Waals surface area (Å²) in [4.78, 5) is 28.8. The lowest BCUT2D eigenvalue weighted by molar-refractivity contribution is -0.121. The molecule has 0 bridgehead atoms. The third kappa shape index (κ3) is 2.83. The van der Waals surface area contributed by atoms with Crippen LogP contribution in [0.4, 0.5) is 11.4 Å². The minimum Gasteiger partial charge on any atom is -0.768 e. The zero-order chi connectivity index (χ0) is 18.3. The van der Waals surface area contributed by atoms with Crippen LogP contribution in [0, 0.1) is 0 Å². The largest absolute Gasteiger partial charge is 0.768 e. The summed E-state index contributed by atoms with van der Waals surface area (Å²) in [6, 6.07) is 13.2. The van der Waals surface area contributed by atoms with E-state index < -0.39 is 17.1 Å². The first-order valence-electron chi connectivity index (χ1n) is 8.47. The number of fused-ring (bicyclic) bond motifs is 1. The fourth-order valence-corrected chi connectivity index (χ4v) is 4.08. The Hall–Kier alpha value is -2.51. The number of aryl methyl sites for hydroxylation is 1. The summed E-state index contributed by atoms with van der Waals surface area (Å²) >= 11 is -2.34. The molecule has 0 saturated carbocycles. The number of benzene rings is 2. The molecule has 0 spiro atoms. The van der Waals surface area contributed by atoms with Gasteiger partial charge in [-0.2, -0.15) is 0 Å². The molecule has 2 aromatic rings. The lowest BCUT2D eigenvalue weighted by Gasteiger charge is -2.34. The van der Waals surface area contributed by atoms with Crippen molar-refractivity contribution in [3.05, 3.63) is 54.1 Å². The van der Waals surface area contributed by atoms with Crippen LogP contribution in [0.2, 0.25) is 0 Å². The van der Waals surface area contributed by atoms with Crippen molar-refractivity contribution in [1.82, 2.24) is 0 Å². The summed E-state index contributed by atoms with van der Waals surface area (Å²) in [5, 5.41) is 0. The van der Waals surface area contributed by atoms with E-state index in [0.29, 0.717) is 5.69 Å². The van der Waals surface area contributed by atoms with Gasteiger partial charge in [0, 0.05) is 17.1 Å². The molecule has 2 aliphatic heterocycles. The fourth-order valence-electron chi connectivity index (χ4n) is 3.72. The molecule has 7 heteroatoms. The van der Waals surface area contributed by atoms with Crippen molar-refractivity contribution in [2.24, 2.45) is 0 Å². The van der Waals surface area contributed by atoms with Crippen LogP contribution in [-0.4, -0.2) is 33.2 Å². The zero-order valence-electron chi connectivity index (χ0n) is 14.0. The fraction of sp³-hybridized carbons (Fsp3) is 0.263. The summed E-state index contributed by atoms with van der Waals surface area (Å²) in [6.45, 7) is 0.739. The number of rotatable bonds is 3. The maximum Gasteiger partial charge on any atom is 0.256 e. The van der Waals surface area contributed by atoms with Gasteiger partial charge in [0.15, 0.2) is 0 Å². The first kappa shape index (κ1) is 16.9. The van der Waals surface area contributed by atoms with Crippen molar-refractivity contribution < 1.29 is 18.4 Å². The van der Waals surface area contributed by atoms with Gasteiger partial charge in [-0.25, -0.2) is 4.90 Å². The average Bonchev–Trinajstić information content (AvgIpc) is 2.95. The molecule has 4 rings (SSSR count). The van der Waals surface area contributed by atoms with E-state index in [1.165, 1.54) is 34.7 Å². The van der Waals surface area contributed by atoms with Gasteiger partial charge in [0.1, 0.15) is 6.04 Å². The van der Waals surface area contributed by atoms with Gasteiger partial charge in [0.25, 0.3) is 5.91 Å². The highest BCUT2D eigenvalue weighted by atomic mass is 32.2. The Morgan fingerprint density at radius 3 is 2.50 bits per heavy atom. The highest BCUT2D eigenvalue weighted by Gasteiger charge is 2.43. The van der Waals surface area contributed by atoms with Gasteiger partial charge in [-0.1, -0.05) is 18.2 Å². The predicted molar refractivity (Wildman–Crippen MR) is 96.6 cm³/mol. The SMILES string of the molecule is O=C1CC(N2CCCc3ccccc32)C(=O)N1c1ccc(S(=O)[O-])cc1. The molecule has 0 N–H and O–H groups in total. The molecule has 0 radical (unpaired) electrons. The van der Waals surface area contributed by atoms with Crippen LogP contribution in [0.25, 0.3) is 0 Å². The number of carbonyl (C=O) groups is 2. The highest BCUT2D eigenvalue weighted by molar-refractivity contribution is 7.79. The van der Waals surface area contributed by atoms with Crippen molar-refractivity contribution >= 4 is 34.3 Å². The van der Waals surface area contributed by atoms with E-state index in [9.17, 15) is 18.4 Å². The number of anilines is 2. The first-order chi connectivity index (χ1) is 12.6. The van der Waals surface area contributed by atoms with Crippen molar-refractivity contribution in [2.75, 3.05) is 16.3 Å². The third-order valence-corrected chi connectivity index (χ3v) is 5.59. The molecule has 26 heavy (non-hydrogen) atoms. The topological polar surface area (TPSA) is 80.8 Å². The Morgan fingerprint density at radius 1 is 1.04 bits per heavy atom. The van der Waals surface area contributed by atoms with Crippen LogP contribution in [0.15, 0.2) is 53.4 Å². The second-order valence-electron chi connectivity index (χ2n) is 6.44. The first-order valence-corrected chi connectivity index (χ1v) is 9.54. The number of nitrogens with zero attached hydrogens (tertiary/aromatic N) is 2. The lowest BCUT2D eigenvalue weighted by Crippen LogP contribution is -2.44. The number of amides is 2. The van der Waals surface area contributed by atoms with Crippen molar-refractivity contribution in [3.63, 3.8) is 0 Å². The van der Waals surface area contributed by atoms with E-state index in [1.807, 2.05) is 23.1 Å². The molecule has 2 amide bonds. The Labute approximate surface area is 153 Å². The van der Waals surface area contributed by atoms with E-state index in [2.05, 4.69) is 6.07 Å². The summed E-state index contributed by atoms with van der Waals surface area (Å²) in [7, 11) is 0. The summed E-state index contributed by atoms with van der Waals surface area (Å²) in [5.74, 6) is -0.526. The van der Waals surface area contributed by atoms with Crippen LogP contribution in [0.1, 0.15) is 18.4 Å². The van der Waals surface area contributed by atoms with E-state index in [1.54, 1.807) is 0 Å². The van der Waals surface area contributed by atoms with Gasteiger partial charge in [-0.15, -0.1) is 0 Å². The molecule has 0 aromatic heterocycles. The lowest BCUT2D eigenvalue weighted by atomic mass is 9.99. The second-order valence-corrected chi connectivity index (χ2v) is 7.38. The number of imide groups is 1. The Bertz CT molecular complexity index is 897. The molecule has 2 aromatic carbocycles. The van der Waals surface area contributed by atoms with E-state index in [4.69, 9.17) is 0 Å². The number of para-hydroxylation sites is 1. The molecule has 1 fully saturated rings. The summed E-state index contributed by atoms with van der Waals surface area (Å²) < 4.78 is 22.0. The number of hydrogen-bond donors (Lipinski definition) is 0. The van der Waals surface area contributed by atoms with Crippen molar-refractivity contribution in [1.29, 1.82) is 0 Å². The van der Waals surface area contributed by atoms with Gasteiger partial charge < -0.3 is 9.45 Å². The van der Waals surface area contributed by atoms with Crippen LogP contribution < -0.4 is 9.80 Å². The van der Waals surface area contributed by atoms with Crippen LogP contribution >= 0.6 is 0 Å². The Morgan fingerprint density at radius 2 is 1.77 bits per heavy atom. The van der Waals surface area contributed by atoms with Gasteiger partial charge in [-0.05, 0) is 59.8 Å². The average molecular weight is 369 g/mol. The molecular weight excluding hydrogens is 352 g/mol. The third-order valence-electron chi connectivity index (χ3n) is 4.93. The Kier molecular flexibility index (Phi) is 4.34. The molecule has 134 valence electrons. The molecule has 6 nitrogen and oxygen atoms in total. The van der Waals surface area contributed by atoms with Gasteiger partial charge in [0.2, 0.25) is 5.91 Å².